The van der Waals surface area contributed by atoms with Crippen molar-refractivity contribution in [1.29, 1.82) is 0 Å². The minimum absolute atomic E-state index is 0.683. The minimum Gasteiger partial charge on any atom is -0.491 e. The fourth-order valence-electron chi connectivity index (χ4n) is 2.32. The zero-order chi connectivity index (χ0) is 13.7. The molecule has 1 aliphatic heterocycles. The van der Waals surface area contributed by atoms with E-state index in [0.29, 0.717) is 17.7 Å². The van der Waals surface area contributed by atoms with Gasteiger partial charge in [-0.1, -0.05) is 11.6 Å². The van der Waals surface area contributed by atoms with E-state index in [9.17, 15) is 0 Å². The smallest absolute Gasteiger partial charge is 0.133 e. The Morgan fingerprint density at radius 1 is 1.42 bits per heavy atom. The van der Waals surface area contributed by atoms with Gasteiger partial charge in [0.15, 0.2) is 0 Å². The average molecular weight is 348 g/mol. The predicted molar refractivity (Wildman–Crippen MR) is 83.2 cm³/mol. The van der Waals surface area contributed by atoms with Crippen molar-refractivity contribution < 1.29 is 4.74 Å². The van der Waals surface area contributed by atoms with Gasteiger partial charge in [0.2, 0.25) is 0 Å². The monoisotopic (exact) mass is 346 g/mol. The van der Waals surface area contributed by atoms with E-state index in [2.05, 4.69) is 26.1 Å². The van der Waals surface area contributed by atoms with Crippen molar-refractivity contribution in [3.8, 4) is 5.75 Å². The molecule has 1 aromatic carbocycles. The van der Waals surface area contributed by atoms with Gasteiger partial charge in [-0.15, -0.1) is 0 Å². The highest BCUT2D eigenvalue weighted by Gasteiger charge is 2.17. The van der Waals surface area contributed by atoms with Crippen LogP contribution in [0, 0.1) is 0 Å². The molecular weight excluding hydrogens is 328 g/mol. The number of ether oxygens (including phenoxy) is 1. The number of nitrogens with one attached hydrogen (secondary N) is 1. The number of halogens is 2. The van der Waals surface area contributed by atoms with Crippen molar-refractivity contribution in [2.45, 2.75) is 18.9 Å². The summed E-state index contributed by atoms with van der Waals surface area (Å²) in [5, 5.41) is 4.06. The SMILES string of the molecule is CNC1CCN(CCOc2ccc(Cl)cc2Br)CC1. The van der Waals surface area contributed by atoms with E-state index < -0.39 is 0 Å². The Kier molecular flexibility index (Phi) is 5.95. The largest absolute Gasteiger partial charge is 0.491 e. The lowest BCUT2D eigenvalue weighted by atomic mass is 10.1. The highest BCUT2D eigenvalue weighted by molar-refractivity contribution is 9.10. The number of hydrogen-bond donors (Lipinski definition) is 1. The summed E-state index contributed by atoms with van der Waals surface area (Å²) in [5.74, 6) is 0.856. The maximum Gasteiger partial charge on any atom is 0.133 e. The number of hydrogen-bond acceptors (Lipinski definition) is 3. The molecule has 5 heteroatoms. The van der Waals surface area contributed by atoms with Crippen molar-refractivity contribution in [3.05, 3.63) is 27.7 Å². The maximum absolute atomic E-state index is 5.90. The van der Waals surface area contributed by atoms with Gasteiger partial charge in [-0.05, 0) is 67.1 Å². The van der Waals surface area contributed by atoms with E-state index in [1.165, 1.54) is 12.8 Å². The van der Waals surface area contributed by atoms with Crippen molar-refractivity contribution >= 4 is 27.5 Å². The van der Waals surface area contributed by atoms with E-state index in [1.54, 1.807) is 0 Å². The Hall–Kier alpha value is -0.290. The van der Waals surface area contributed by atoms with Gasteiger partial charge in [0.05, 0.1) is 4.47 Å². The number of rotatable bonds is 5. The van der Waals surface area contributed by atoms with Crippen molar-refractivity contribution in [2.24, 2.45) is 0 Å². The fraction of sp³-hybridized carbons (Fsp3) is 0.571. The Morgan fingerprint density at radius 3 is 2.79 bits per heavy atom. The molecule has 0 amide bonds. The first-order chi connectivity index (χ1) is 9.19. The lowest BCUT2D eigenvalue weighted by molar-refractivity contribution is 0.167. The van der Waals surface area contributed by atoms with Crippen LogP contribution in [-0.2, 0) is 0 Å². The van der Waals surface area contributed by atoms with Crippen LogP contribution in [0.2, 0.25) is 5.02 Å². The van der Waals surface area contributed by atoms with Gasteiger partial charge >= 0.3 is 0 Å². The van der Waals surface area contributed by atoms with Gasteiger partial charge in [0.1, 0.15) is 12.4 Å². The van der Waals surface area contributed by atoms with Gasteiger partial charge in [-0.3, -0.25) is 4.90 Å². The Bertz CT molecular complexity index is 408. The molecule has 106 valence electrons. The minimum atomic E-state index is 0.683. The van der Waals surface area contributed by atoms with Crippen LogP contribution in [-0.4, -0.2) is 44.2 Å². The Labute approximate surface area is 128 Å². The predicted octanol–water partition coefficient (Wildman–Crippen LogP) is 3.17. The molecule has 0 atom stereocenters. The topological polar surface area (TPSA) is 24.5 Å². The zero-order valence-corrected chi connectivity index (χ0v) is 13.5. The zero-order valence-electron chi connectivity index (χ0n) is 11.2. The number of likely N-dealkylation sites (tertiary alicyclic amines) is 1. The summed E-state index contributed by atoms with van der Waals surface area (Å²) in [4.78, 5) is 2.46. The van der Waals surface area contributed by atoms with Crippen molar-refractivity contribution in [3.63, 3.8) is 0 Å². The van der Waals surface area contributed by atoms with Gasteiger partial charge in [-0.25, -0.2) is 0 Å². The van der Waals surface area contributed by atoms with Crippen molar-refractivity contribution in [1.82, 2.24) is 10.2 Å². The number of piperidine rings is 1. The van der Waals surface area contributed by atoms with Crippen molar-refractivity contribution in [2.75, 3.05) is 33.3 Å². The molecule has 3 nitrogen and oxygen atoms in total. The highest BCUT2D eigenvalue weighted by atomic mass is 79.9. The van der Waals surface area contributed by atoms with Crippen LogP contribution in [0.25, 0.3) is 0 Å². The van der Waals surface area contributed by atoms with E-state index in [4.69, 9.17) is 16.3 Å². The third-order valence-electron chi connectivity index (χ3n) is 3.55. The lowest BCUT2D eigenvalue weighted by Crippen LogP contribution is -2.42. The molecule has 1 aromatic rings. The molecule has 19 heavy (non-hydrogen) atoms. The first-order valence-corrected chi connectivity index (χ1v) is 7.83. The summed E-state index contributed by atoms with van der Waals surface area (Å²) in [6, 6.07) is 6.29. The van der Waals surface area contributed by atoms with E-state index in [0.717, 1.165) is 29.9 Å². The second-order valence-corrected chi connectivity index (χ2v) is 6.12. The van der Waals surface area contributed by atoms with Crippen LogP contribution in [0.1, 0.15) is 12.8 Å². The molecule has 0 saturated carbocycles. The molecule has 1 heterocycles. The molecule has 1 aliphatic rings. The summed E-state index contributed by atoms with van der Waals surface area (Å²) in [5.41, 5.74) is 0. The number of benzene rings is 1. The third kappa shape index (κ3) is 4.63. The van der Waals surface area contributed by atoms with E-state index in [1.807, 2.05) is 25.2 Å². The van der Waals surface area contributed by atoms with Crippen LogP contribution < -0.4 is 10.1 Å². The van der Waals surface area contributed by atoms with Gasteiger partial charge in [-0.2, -0.15) is 0 Å². The normalized spacial score (nSPS) is 17.6. The van der Waals surface area contributed by atoms with Crippen LogP contribution in [0.15, 0.2) is 22.7 Å². The average Bonchev–Trinajstić information content (AvgIpc) is 2.42. The molecule has 1 N–H and O–H groups in total. The lowest BCUT2D eigenvalue weighted by Gasteiger charge is -2.31. The molecule has 0 spiro atoms. The molecule has 1 saturated heterocycles. The quantitative estimate of drug-likeness (QED) is 0.885. The Morgan fingerprint density at radius 2 is 2.16 bits per heavy atom. The molecule has 2 rings (SSSR count). The van der Waals surface area contributed by atoms with Crippen LogP contribution in [0.4, 0.5) is 0 Å². The summed E-state index contributed by atoms with van der Waals surface area (Å²) in [6.07, 6.45) is 2.45. The molecule has 1 fully saturated rings. The summed E-state index contributed by atoms with van der Waals surface area (Å²) in [7, 11) is 2.04. The summed E-state index contributed by atoms with van der Waals surface area (Å²) >= 11 is 9.36. The highest BCUT2D eigenvalue weighted by Crippen LogP contribution is 2.27. The molecule has 0 aromatic heterocycles. The second-order valence-electron chi connectivity index (χ2n) is 4.83. The molecule has 0 bridgehead atoms. The molecular formula is C14H20BrClN2O. The fourth-order valence-corrected chi connectivity index (χ4v) is 3.12. The first-order valence-electron chi connectivity index (χ1n) is 6.66. The summed E-state index contributed by atoms with van der Waals surface area (Å²) in [6.45, 7) is 3.99. The van der Waals surface area contributed by atoms with Crippen LogP contribution >= 0.6 is 27.5 Å². The van der Waals surface area contributed by atoms with Gasteiger partial charge in [0.25, 0.3) is 0 Å². The standard InChI is InChI=1S/C14H20BrClN2O/c1-17-12-4-6-18(7-5-12)8-9-19-14-3-2-11(16)10-13(14)15/h2-3,10,12,17H,4-9H2,1H3. The first kappa shape index (κ1) is 15.1. The van der Waals surface area contributed by atoms with E-state index >= 15 is 0 Å². The maximum atomic E-state index is 5.90. The number of nitrogens with zero attached hydrogens (tertiary/aromatic N) is 1. The third-order valence-corrected chi connectivity index (χ3v) is 4.41. The van der Waals surface area contributed by atoms with Gasteiger partial charge in [0, 0.05) is 17.6 Å². The molecule has 0 unspecified atom stereocenters. The molecule has 0 aliphatic carbocycles. The van der Waals surface area contributed by atoms with Gasteiger partial charge < -0.3 is 10.1 Å². The Balaban J connectivity index is 1.72. The summed E-state index contributed by atoms with van der Waals surface area (Å²) < 4.78 is 6.70. The van der Waals surface area contributed by atoms with E-state index in [-0.39, 0.29) is 0 Å². The molecule has 0 radical (unpaired) electrons. The second kappa shape index (κ2) is 7.48. The van der Waals surface area contributed by atoms with Crippen LogP contribution in [0.5, 0.6) is 5.75 Å². The van der Waals surface area contributed by atoms with Crippen LogP contribution in [0.3, 0.4) is 0 Å².